The molecule has 0 fully saturated rings. The number of para-hydroxylation sites is 1. The highest BCUT2D eigenvalue weighted by Gasteiger charge is 2.31. The maximum Gasteiger partial charge on any atom is 0.258 e. The minimum absolute atomic E-state index is 0.0752. The molecule has 160 valence electrons. The first kappa shape index (κ1) is 21.1. The maximum absolute atomic E-state index is 13.2. The molecule has 6 heteroatoms. The number of rotatable bonds is 5. The third kappa shape index (κ3) is 4.21. The van der Waals surface area contributed by atoms with Gasteiger partial charge in [-0.05, 0) is 67.3 Å². The van der Waals surface area contributed by atoms with Gasteiger partial charge in [0.05, 0.1) is 18.5 Å². The molecule has 0 radical (unpaired) electrons. The van der Waals surface area contributed by atoms with Crippen LogP contribution in [0, 0.1) is 6.92 Å². The first-order chi connectivity index (χ1) is 14.8. The van der Waals surface area contributed by atoms with Crippen LogP contribution >= 0.6 is 0 Å². The minimum Gasteiger partial charge on any atom is -0.305 e. The van der Waals surface area contributed by atoms with Crippen molar-refractivity contribution < 1.29 is 13.2 Å². The molecule has 1 atom stereocenters. The second-order valence-electron chi connectivity index (χ2n) is 8.10. The van der Waals surface area contributed by atoms with Crippen LogP contribution in [0.5, 0.6) is 0 Å². The van der Waals surface area contributed by atoms with E-state index in [1.807, 2.05) is 61.2 Å². The smallest absolute Gasteiger partial charge is 0.258 e. The first-order valence-electron chi connectivity index (χ1n) is 10.3. The van der Waals surface area contributed by atoms with Crippen molar-refractivity contribution in [3.05, 3.63) is 95.1 Å². The molecular formula is C25H26N2O3S. The Morgan fingerprint density at radius 3 is 2.32 bits per heavy atom. The van der Waals surface area contributed by atoms with Crippen molar-refractivity contribution in [1.82, 2.24) is 0 Å². The van der Waals surface area contributed by atoms with Gasteiger partial charge in [0.2, 0.25) is 10.0 Å². The molecule has 1 aliphatic heterocycles. The lowest BCUT2D eigenvalue weighted by Crippen LogP contribution is -2.35. The van der Waals surface area contributed by atoms with Crippen LogP contribution in [0.15, 0.2) is 72.8 Å². The average molecular weight is 435 g/mol. The van der Waals surface area contributed by atoms with Gasteiger partial charge >= 0.3 is 0 Å². The SMILES string of the molecule is Cc1ccccc1CN(c1ccc(C(=O)N2c3ccccc3CC2C)cc1)S(C)(=O)=O. The fraction of sp³-hybridized carbons (Fsp3) is 0.240. The number of sulfonamides is 1. The molecule has 0 aromatic heterocycles. The van der Waals surface area contributed by atoms with E-state index >= 15 is 0 Å². The summed E-state index contributed by atoms with van der Waals surface area (Å²) in [5.74, 6) is -0.0752. The average Bonchev–Trinajstić information content (AvgIpc) is 3.07. The van der Waals surface area contributed by atoms with Gasteiger partial charge in [0.1, 0.15) is 0 Å². The molecule has 3 aromatic carbocycles. The van der Waals surface area contributed by atoms with E-state index in [0.717, 1.165) is 23.2 Å². The zero-order valence-electron chi connectivity index (χ0n) is 17.9. The Hall–Kier alpha value is -3.12. The summed E-state index contributed by atoms with van der Waals surface area (Å²) in [4.78, 5) is 15.1. The Kier molecular flexibility index (Phi) is 5.58. The van der Waals surface area contributed by atoms with Crippen molar-refractivity contribution in [2.75, 3.05) is 15.5 Å². The molecule has 0 aliphatic carbocycles. The molecular weight excluding hydrogens is 408 g/mol. The number of aryl methyl sites for hydroxylation is 1. The first-order valence-corrected chi connectivity index (χ1v) is 12.1. The quantitative estimate of drug-likeness (QED) is 0.592. The van der Waals surface area contributed by atoms with Gasteiger partial charge in [-0.3, -0.25) is 9.10 Å². The number of amides is 1. The van der Waals surface area contributed by atoms with E-state index in [4.69, 9.17) is 0 Å². The van der Waals surface area contributed by atoms with E-state index in [0.29, 0.717) is 11.3 Å². The highest BCUT2D eigenvalue weighted by molar-refractivity contribution is 7.92. The lowest BCUT2D eigenvalue weighted by atomic mass is 10.1. The van der Waals surface area contributed by atoms with Gasteiger partial charge in [-0.2, -0.15) is 0 Å². The Bertz CT molecular complexity index is 1220. The molecule has 1 aliphatic rings. The van der Waals surface area contributed by atoms with E-state index in [9.17, 15) is 13.2 Å². The molecule has 1 unspecified atom stereocenters. The molecule has 1 amide bonds. The standard InChI is InChI=1S/C25H26N2O3S/c1-18-8-4-5-10-22(18)17-26(31(3,29)30)23-14-12-20(13-15-23)25(28)27-19(2)16-21-9-6-7-11-24(21)27/h4-15,19H,16-17H2,1-3H3. The minimum atomic E-state index is -3.49. The largest absolute Gasteiger partial charge is 0.305 e. The van der Waals surface area contributed by atoms with Crippen LogP contribution in [-0.2, 0) is 23.0 Å². The molecule has 3 aromatic rings. The molecule has 5 nitrogen and oxygen atoms in total. The van der Waals surface area contributed by atoms with Crippen LogP contribution in [0.1, 0.15) is 34.0 Å². The number of nitrogens with zero attached hydrogens (tertiary/aromatic N) is 2. The van der Waals surface area contributed by atoms with Crippen molar-refractivity contribution in [2.45, 2.75) is 32.9 Å². The van der Waals surface area contributed by atoms with E-state index in [1.165, 1.54) is 16.1 Å². The Morgan fingerprint density at radius 1 is 1.00 bits per heavy atom. The fourth-order valence-electron chi connectivity index (χ4n) is 4.13. The molecule has 0 saturated carbocycles. The predicted molar refractivity (Wildman–Crippen MR) is 125 cm³/mol. The number of hydrogen-bond donors (Lipinski definition) is 0. The third-order valence-electron chi connectivity index (χ3n) is 5.80. The van der Waals surface area contributed by atoms with Gasteiger partial charge in [0.25, 0.3) is 5.91 Å². The van der Waals surface area contributed by atoms with Crippen molar-refractivity contribution in [2.24, 2.45) is 0 Å². The maximum atomic E-state index is 13.2. The number of benzene rings is 3. The van der Waals surface area contributed by atoms with Crippen LogP contribution < -0.4 is 9.21 Å². The molecule has 0 spiro atoms. The lowest BCUT2D eigenvalue weighted by molar-refractivity contribution is 0.0981. The van der Waals surface area contributed by atoms with E-state index in [2.05, 4.69) is 6.07 Å². The van der Waals surface area contributed by atoms with Gasteiger partial charge in [0, 0.05) is 17.3 Å². The molecule has 0 bridgehead atoms. The predicted octanol–water partition coefficient (Wildman–Crippen LogP) is 4.55. The van der Waals surface area contributed by atoms with Gasteiger partial charge in [-0.1, -0.05) is 42.5 Å². The van der Waals surface area contributed by atoms with Crippen molar-refractivity contribution in [3.63, 3.8) is 0 Å². The summed E-state index contributed by atoms with van der Waals surface area (Å²) in [6.45, 7) is 4.25. The van der Waals surface area contributed by atoms with Gasteiger partial charge < -0.3 is 4.90 Å². The number of carbonyl (C=O) groups excluding carboxylic acids is 1. The molecule has 0 saturated heterocycles. The molecule has 31 heavy (non-hydrogen) atoms. The van der Waals surface area contributed by atoms with Gasteiger partial charge in [0.15, 0.2) is 0 Å². The highest BCUT2D eigenvalue weighted by atomic mass is 32.2. The van der Waals surface area contributed by atoms with Gasteiger partial charge in [-0.15, -0.1) is 0 Å². The Balaban J connectivity index is 1.62. The lowest BCUT2D eigenvalue weighted by Gasteiger charge is -2.25. The zero-order valence-corrected chi connectivity index (χ0v) is 18.8. The summed E-state index contributed by atoms with van der Waals surface area (Å²) in [5, 5.41) is 0. The number of hydrogen-bond acceptors (Lipinski definition) is 3. The topological polar surface area (TPSA) is 57.7 Å². The van der Waals surface area contributed by atoms with Gasteiger partial charge in [-0.25, -0.2) is 8.42 Å². The molecule has 0 N–H and O–H groups in total. The summed E-state index contributed by atoms with van der Waals surface area (Å²) < 4.78 is 26.4. The number of anilines is 2. The Labute approximate surface area is 184 Å². The summed E-state index contributed by atoms with van der Waals surface area (Å²) in [5.41, 5.74) is 5.16. The monoisotopic (exact) mass is 434 g/mol. The van der Waals surface area contributed by atoms with E-state index < -0.39 is 10.0 Å². The normalized spacial score (nSPS) is 15.6. The summed E-state index contributed by atoms with van der Waals surface area (Å²) >= 11 is 0. The Morgan fingerprint density at radius 2 is 1.65 bits per heavy atom. The number of fused-ring (bicyclic) bond motifs is 1. The van der Waals surface area contributed by atoms with Crippen molar-refractivity contribution >= 4 is 27.3 Å². The number of carbonyl (C=O) groups is 1. The van der Waals surface area contributed by atoms with Crippen LogP contribution in [0.25, 0.3) is 0 Å². The summed E-state index contributed by atoms with van der Waals surface area (Å²) in [7, 11) is -3.49. The zero-order chi connectivity index (χ0) is 22.2. The molecule has 1 heterocycles. The summed E-state index contributed by atoms with van der Waals surface area (Å²) in [6.07, 6.45) is 2.03. The fourth-order valence-corrected chi connectivity index (χ4v) is 5.00. The summed E-state index contributed by atoms with van der Waals surface area (Å²) in [6, 6.07) is 22.6. The van der Waals surface area contributed by atoms with E-state index in [1.54, 1.807) is 24.3 Å². The van der Waals surface area contributed by atoms with Crippen LogP contribution in [0.3, 0.4) is 0 Å². The van der Waals surface area contributed by atoms with Crippen LogP contribution in [-0.4, -0.2) is 26.6 Å². The second kappa shape index (κ2) is 8.19. The van der Waals surface area contributed by atoms with Crippen LogP contribution in [0.2, 0.25) is 0 Å². The second-order valence-corrected chi connectivity index (χ2v) is 10.0. The third-order valence-corrected chi connectivity index (χ3v) is 6.94. The highest BCUT2D eigenvalue weighted by Crippen LogP contribution is 2.33. The van der Waals surface area contributed by atoms with Crippen molar-refractivity contribution in [3.8, 4) is 0 Å². The molecule has 4 rings (SSSR count). The van der Waals surface area contributed by atoms with Crippen LogP contribution in [0.4, 0.5) is 11.4 Å². The van der Waals surface area contributed by atoms with E-state index in [-0.39, 0.29) is 18.5 Å². The van der Waals surface area contributed by atoms with Crippen molar-refractivity contribution in [1.29, 1.82) is 0 Å².